The molecule has 1 atom stereocenters. The average Bonchev–Trinajstić information content (AvgIpc) is 2.91. The van der Waals surface area contributed by atoms with Crippen molar-refractivity contribution >= 4 is 11.3 Å². The van der Waals surface area contributed by atoms with Crippen molar-refractivity contribution in [3.63, 3.8) is 0 Å². The molecule has 0 fully saturated rings. The fourth-order valence-electron chi connectivity index (χ4n) is 3.01. The number of nitrogens with zero attached hydrogens (tertiary/aromatic N) is 1. The first-order chi connectivity index (χ1) is 10.2. The summed E-state index contributed by atoms with van der Waals surface area (Å²) < 4.78 is 5.35. The Morgan fingerprint density at radius 1 is 1.29 bits per heavy atom. The van der Waals surface area contributed by atoms with Crippen molar-refractivity contribution in [3.05, 3.63) is 44.9 Å². The zero-order valence-corrected chi connectivity index (χ0v) is 13.7. The highest BCUT2D eigenvalue weighted by atomic mass is 32.1. The van der Waals surface area contributed by atoms with Gasteiger partial charge in [-0.3, -0.25) is 0 Å². The van der Waals surface area contributed by atoms with Crippen LogP contribution in [-0.4, -0.2) is 19.1 Å². The maximum Gasteiger partial charge on any atom is 0.121 e. The molecule has 3 rings (SSSR count). The van der Waals surface area contributed by atoms with Crippen LogP contribution in [0.3, 0.4) is 0 Å². The zero-order valence-electron chi connectivity index (χ0n) is 12.9. The van der Waals surface area contributed by atoms with Gasteiger partial charge in [-0.25, -0.2) is 4.98 Å². The minimum atomic E-state index is 0.171. The molecular weight excluding hydrogens is 280 g/mol. The second-order valence-electron chi connectivity index (χ2n) is 5.58. The van der Waals surface area contributed by atoms with E-state index in [1.165, 1.54) is 40.4 Å². The summed E-state index contributed by atoms with van der Waals surface area (Å²) in [7, 11) is 3.72. The summed E-state index contributed by atoms with van der Waals surface area (Å²) in [4.78, 5) is 6.38. The average molecular weight is 302 g/mol. The molecular formula is C17H22N2OS. The molecule has 0 saturated carbocycles. The lowest BCUT2D eigenvalue weighted by Gasteiger charge is -2.15. The number of ether oxygens (including phenoxy) is 1. The summed E-state index contributed by atoms with van der Waals surface area (Å²) in [6, 6.07) is 6.54. The van der Waals surface area contributed by atoms with E-state index in [9.17, 15) is 0 Å². The lowest BCUT2D eigenvalue weighted by molar-refractivity contribution is 0.411. The van der Waals surface area contributed by atoms with Crippen molar-refractivity contribution in [1.82, 2.24) is 10.3 Å². The number of aryl methyl sites for hydroxylation is 3. The molecule has 1 aromatic carbocycles. The highest BCUT2D eigenvalue weighted by Gasteiger charge is 2.21. The van der Waals surface area contributed by atoms with Crippen LogP contribution in [0.5, 0.6) is 5.75 Å². The van der Waals surface area contributed by atoms with Crippen LogP contribution in [0.2, 0.25) is 0 Å². The summed E-state index contributed by atoms with van der Waals surface area (Å²) in [6.07, 6.45) is 4.93. The van der Waals surface area contributed by atoms with E-state index >= 15 is 0 Å². The smallest absolute Gasteiger partial charge is 0.121 e. The second-order valence-corrected chi connectivity index (χ2v) is 6.70. The zero-order chi connectivity index (χ0) is 14.8. The third kappa shape index (κ3) is 2.83. The maximum atomic E-state index is 5.35. The van der Waals surface area contributed by atoms with Crippen molar-refractivity contribution in [3.8, 4) is 5.75 Å². The van der Waals surface area contributed by atoms with Crippen LogP contribution in [0.15, 0.2) is 18.2 Å². The summed E-state index contributed by atoms with van der Waals surface area (Å²) in [5.41, 5.74) is 3.74. The van der Waals surface area contributed by atoms with Crippen LogP contribution in [0, 0.1) is 6.92 Å². The fourth-order valence-corrected chi connectivity index (χ4v) is 4.30. The van der Waals surface area contributed by atoms with Crippen LogP contribution in [0.1, 0.15) is 45.6 Å². The van der Waals surface area contributed by atoms with Gasteiger partial charge in [-0.2, -0.15) is 0 Å². The van der Waals surface area contributed by atoms with E-state index in [0.29, 0.717) is 0 Å². The predicted octanol–water partition coefficient (Wildman–Crippen LogP) is 3.65. The molecule has 1 heterocycles. The van der Waals surface area contributed by atoms with Crippen molar-refractivity contribution in [2.45, 2.75) is 38.6 Å². The Labute approximate surface area is 130 Å². The number of benzene rings is 1. The van der Waals surface area contributed by atoms with Gasteiger partial charge in [0.15, 0.2) is 0 Å². The largest absolute Gasteiger partial charge is 0.496 e. The minimum absolute atomic E-state index is 0.171. The SMILES string of the molecule is CNC(c1ccc(OC)c(C)c1)c1nc2c(s1)CCCC2. The lowest BCUT2D eigenvalue weighted by Crippen LogP contribution is -2.17. The Kier molecular flexibility index (Phi) is 4.27. The number of hydrogen-bond acceptors (Lipinski definition) is 4. The number of rotatable bonds is 4. The van der Waals surface area contributed by atoms with Gasteiger partial charge in [0.05, 0.1) is 18.8 Å². The molecule has 4 heteroatoms. The minimum Gasteiger partial charge on any atom is -0.496 e. The second kappa shape index (κ2) is 6.16. The molecule has 0 spiro atoms. The third-order valence-electron chi connectivity index (χ3n) is 4.15. The molecule has 2 aromatic rings. The molecule has 3 nitrogen and oxygen atoms in total. The molecule has 112 valence electrons. The van der Waals surface area contributed by atoms with Gasteiger partial charge in [0.2, 0.25) is 0 Å². The van der Waals surface area contributed by atoms with Gasteiger partial charge in [0.1, 0.15) is 10.8 Å². The van der Waals surface area contributed by atoms with E-state index in [1.807, 2.05) is 24.5 Å². The van der Waals surface area contributed by atoms with E-state index in [-0.39, 0.29) is 6.04 Å². The summed E-state index contributed by atoms with van der Waals surface area (Å²) >= 11 is 1.87. The Hall–Kier alpha value is -1.39. The van der Waals surface area contributed by atoms with Crippen LogP contribution in [0.4, 0.5) is 0 Å². The standard InChI is InChI=1S/C17H22N2OS/c1-11-10-12(8-9-14(11)20-3)16(18-2)17-19-13-6-4-5-7-15(13)21-17/h8-10,16,18H,4-7H2,1-3H3. The van der Waals surface area contributed by atoms with Crippen LogP contribution in [-0.2, 0) is 12.8 Å². The predicted molar refractivity (Wildman–Crippen MR) is 87.4 cm³/mol. The fraction of sp³-hybridized carbons (Fsp3) is 0.471. The van der Waals surface area contributed by atoms with Gasteiger partial charge in [-0.05, 0) is 56.8 Å². The van der Waals surface area contributed by atoms with E-state index < -0.39 is 0 Å². The Morgan fingerprint density at radius 2 is 2.10 bits per heavy atom. The molecule has 1 unspecified atom stereocenters. The van der Waals surface area contributed by atoms with E-state index in [2.05, 4.69) is 24.4 Å². The quantitative estimate of drug-likeness (QED) is 0.936. The third-order valence-corrected chi connectivity index (χ3v) is 5.37. The molecule has 0 aliphatic heterocycles. The molecule has 1 aliphatic rings. The van der Waals surface area contributed by atoms with Crippen molar-refractivity contribution < 1.29 is 4.74 Å². The van der Waals surface area contributed by atoms with Gasteiger partial charge in [0, 0.05) is 4.88 Å². The number of thiazole rings is 1. The van der Waals surface area contributed by atoms with Crippen molar-refractivity contribution in [1.29, 1.82) is 0 Å². The molecule has 1 N–H and O–H groups in total. The lowest BCUT2D eigenvalue weighted by atomic mass is 10.0. The number of fused-ring (bicyclic) bond motifs is 1. The van der Waals surface area contributed by atoms with Crippen LogP contribution >= 0.6 is 11.3 Å². The normalized spacial score (nSPS) is 15.6. The van der Waals surface area contributed by atoms with E-state index in [0.717, 1.165) is 17.7 Å². The Bertz CT molecular complexity index is 612. The maximum absolute atomic E-state index is 5.35. The molecule has 0 amide bonds. The first-order valence-electron chi connectivity index (χ1n) is 7.53. The highest BCUT2D eigenvalue weighted by Crippen LogP contribution is 2.33. The Morgan fingerprint density at radius 3 is 2.76 bits per heavy atom. The van der Waals surface area contributed by atoms with Gasteiger partial charge in [-0.1, -0.05) is 12.1 Å². The molecule has 1 aliphatic carbocycles. The molecule has 21 heavy (non-hydrogen) atoms. The number of hydrogen-bond donors (Lipinski definition) is 1. The van der Waals surface area contributed by atoms with Crippen LogP contribution < -0.4 is 10.1 Å². The summed E-state index contributed by atoms with van der Waals surface area (Å²) in [6.45, 7) is 2.09. The van der Waals surface area contributed by atoms with Crippen molar-refractivity contribution in [2.75, 3.05) is 14.2 Å². The van der Waals surface area contributed by atoms with Gasteiger partial charge < -0.3 is 10.1 Å². The van der Waals surface area contributed by atoms with Crippen LogP contribution in [0.25, 0.3) is 0 Å². The first kappa shape index (κ1) is 14.5. The summed E-state index contributed by atoms with van der Waals surface area (Å²) in [5.74, 6) is 0.937. The van der Waals surface area contributed by atoms with Gasteiger partial charge in [0.25, 0.3) is 0 Å². The molecule has 1 aromatic heterocycles. The van der Waals surface area contributed by atoms with E-state index in [1.54, 1.807) is 7.11 Å². The molecule has 0 bridgehead atoms. The monoisotopic (exact) mass is 302 g/mol. The number of aromatic nitrogens is 1. The number of methoxy groups -OCH3 is 1. The summed E-state index contributed by atoms with van der Waals surface area (Å²) in [5, 5.41) is 4.60. The highest BCUT2D eigenvalue weighted by molar-refractivity contribution is 7.11. The topological polar surface area (TPSA) is 34.1 Å². The molecule has 0 saturated heterocycles. The number of nitrogens with one attached hydrogen (secondary N) is 1. The molecule has 0 radical (unpaired) electrons. The Balaban J connectivity index is 1.94. The van der Waals surface area contributed by atoms with Gasteiger partial charge in [-0.15, -0.1) is 11.3 Å². The van der Waals surface area contributed by atoms with E-state index in [4.69, 9.17) is 9.72 Å². The first-order valence-corrected chi connectivity index (χ1v) is 8.35. The van der Waals surface area contributed by atoms with Crippen molar-refractivity contribution in [2.24, 2.45) is 0 Å². The van der Waals surface area contributed by atoms with Gasteiger partial charge >= 0.3 is 0 Å².